The number of carbonyl (C=O) groups excluding carboxylic acids is 1. The van der Waals surface area contributed by atoms with E-state index in [4.69, 9.17) is 5.26 Å². The minimum Gasteiger partial charge on any atom is -0.318 e. The Morgan fingerprint density at radius 2 is 2.21 bits per heavy atom. The molecule has 0 unspecified atom stereocenters. The number of benzene rings is 1. The van der Waals surface area contributed by atoms with Gasteiger partial charge in [-0.15, -0.1) is 4.40 Å². The summed E-state index contributed by atoms with van der Waals surface area (Å²) >= 11 is 1.24. The van der Waals surface area contributed by atoms with E-state index < -0.39 is 10.0 Å². The molecule has 1 amide bonds. The van der Waals surface area contributed by atoms with Crippen molar-refractivity contribution in [3.63, 3.8) is 0 Å². The number of fused-ring (bicyclic) bond motifs is 3. The summed E-state index contributed by atoms with van der Waals surface area (Å²) < 4.78 is 28.8. The van der Waals surface area contributed by atoms with E-state index in [2.05, 4.69) is 20.9 Å². The van der Waals surface area contributed by atoms with Crippen LogP contribution >= 0.6 is 11.8 Å². The van der Waals surface area contributed by atoms with E-state index in [1.54, 1.807) is 28.9 Å². The fourth-order valence-electron chi connectivity index (χ4n) is 3.03. The lowest BCUT2D eigenvalue weighted by Gasteiger charge is -2.22. The Morgan fingerprint density at radius 1 is 1.39 bits per heavy atom. The van der Waals surface area contributed by atoms with Crippen LogP contribution in [0.3, 0.4) is 0 Å². The van der Waals surface area contributed by atoms with Crippen LogP contribution in [0.25, 0.3) is 0 Å². The molecule has 4 rings (SSSR count). The Morgan fingerprint density at radius 3 is 3.00 bits per heavy atom. The average Bonchev–Trinajstić information content (AvgIpc) is 3.16. The summed E-state index contributed by atoms with van der Waals surface area (Å²) in [6.07, 6.45) is 0.292. The molecule has 28 heavy (non-hydrogen) atoms. The second-order valence-corrected chi connectivity index (χ2v) is 9.12. The van der Waals surface area contributed by atoms with Crippen LogP contribution in [0, 0.1) is 18.3 Å². The average molecular weight is 416 g/mol. The molecule has 0 saturated heterocycles. The third-order valence-electron chi connectivity index (χ3n) is 4.31. The van der Waals surface area contributed by atoms with Gasteiger partial charge >= 0.3 is 0 Å². The number of nitriles is 1. The van der Waals surface area contributed by atoms with Crippen molar-refractivity contribution < 1.29 is 13.2 Å². The van der Waals surface area contributed by atoms with Crippen LogP contribution < -0.4 is 10.2 Å². The topological polar surface area (TPSA) is 120 Å². The smallest absolute Gasteiger partial charge is 0.257 e. The first kappa shape index (κ1) is 18.5. The summed E-state index contributed by atoms with van der Waals surface area (Å²) in [5.41, 5.74) is 2.04. The second kappa shape index (κ2) is 6.96. The molecular weight excluding hydrogens is 400 g/mol. The van der Waals surface area contributed by atoms with Gasteiger partial charge in [-0.3, -0.25) is 4.79 Å². The highest BCUT2D eigenvalue weighted by atomic mass is 32.2. The number of nitrogens with one attached hydrogen (secondary N) is 1. The Kier molecular flexibility index (Phi) is 4.60. The maximum atomic E-state index is 12.7. The highest BCUT2D eigenvalue weighted by molar-refractivity contribution is 8.15. The fraction of sp³-hybridized carbons (Fsp3) is 0.294. The van der Waals surface area contributed by atoms with Crippen molar-refractivity contribution in [3.05, 3.63) is 35.5 Å². The maximum Gasteiger partial charge on any atom is 0.257 e. The molecule has 0 spiro atoms. The molecule has 9 nitrogen and oxygen atoms in total. The van der Waals surface area contributed by atoms with Gasteiger partial charge in [-0.2, -0.15) is 10.4 Å². The van der Waals surface area contributed by atoms with Crippen molar-refractivity contribution in [2.24, 2.45) is 4.40 Å². The van der Waals surface area contributed by atoms with Gasteiger partial charge in [0.15, 0.2) is 5.17 Å². The van der Waals surface area contributed by atoms with Gasteiger partial charge in [0.05, 0.1) is 36.2 Å². The summed E-state index contributed by atoms with van der Waals surface area (Å²) in [7, 11) is -3.42. The van der Waals surface area contributed by atoms with Crippen LogP contribution in [-0.4, -0.2) is 41.6 Å². The van der Waals surface area contributed by atoms with E-state index in [-0.39, 0.29) is 11.7 Å². The number of aromatic nitrogens is 2. The maximum absolute atomic E-state index is 12.7. The summed E-state index contributed by atoms with van der Waals surface area (Å²) in [4.78, 5) is 15.3. The molecule has 11 heteroatoms. The van der Waals surface area contributed by atoms with Crippen LogP contribution in [0.4, 0.5) is 11.5 Å². The predicted octanol–water partition coefficient (Wildman–Crippen LogP) is 1.97. The zero-order chi connectivity index (χ0) is 19.9. The third-order valence-corrected chi connectivity index (χ3v) is 6.62. The lowest BCUT2D eigenvalue weighted by atomic mass is 10.2. The van der Waals surface area contributed by atoms with Gasteiger partial charge in [-0.1, -0.05) is 0 Å². The van der Waals surface area contributed by atoms with Crippen molar-refractivity contribution in [1.29, 1.82) is 5.26 Å². The molecule has 0 atom stereocenters. The molecule has 0 aliphatic carbocycles. The summed E-state index contributed by atoms with van der Waals surface area (Å²) in [5, 5.41) is 16.3. The molecule has 2 aromatic rings. The van der Waals surface area contributed by atoms with Crippen molar-refractivity contribution >= 4 is 44.4 Å². The Labute approximate surface area is 166 Å². The molecule has 1 aromatic carbocycles. The first-order valence-electron chi connectivity index (χ1n) is 8.51. The molecule has 0 fully saturated rings. The quantitative estimate of drug-likeness (QED) is 0.809. The number of hydrogen-bond acceptors (Lipinski definition) is 7. The molecule has 2 aliphatic rings. The molecule has 144 valence electrons. The molecule has 1 N–H and O–H groups in total. The number of amides is 1. The van der Waals surface area contributed by atoms with E-state index in [0.29, 0.717) is 36.1 Å². The van der Waals surface area contributed by atoms with Gasteiger partial charge in [0, 0.05) is 23.1 Å². The first-order chi connectivity index (χ1) is 13.4. The Hall–Kier alpha value is -2.84. The SMILES string of the molecule is Cc1cc(NC(=O)c2ccc3c(c2)SC2=NS(=O)(=O)CCN23)n(CCC#N)n1. The first-order valence-corrected chi connectivity index (χ1v) is 10.9. The number of nitrogens with zero attached hydrogens (tertiary/aromatic N) is 5. The van der Waals surface area contributed by atoms with E-state index in [9.17, 15) is 13.2 Å². The molecule has 0 radical (unpaired) electrons. The summed E-state index contributed by atoms with van der Waals surface area (Å²) in [5.74, 6) is 0.199. The van der Waals surface area contributed by atoms with Crippen molar-refractivity contribution in [1.82, 2.24) is 9.78 Å². The van der Waals surface area contributed by atoms with Gasteiger partial charge in [-0.25, -0.2) is 13.1 Å². The molecule has 0 saturated carbocycles. The normalized spacial score (nSPS) is 16.7. The van der Waals surface area contributed by atoms with E-state index in [1.807, 2.05) is 11.8 Å². The molecule has 3 heterocycles. The van der Waals surface area contributed by atoms with Crippen LogP contribution in [-0.2, 0) is 16.6 Å². The van der Waals surface area contributed by atoms with Crippen molar-refractivity contribution in [2.45, 2.75) is 24.8 Å². The van der Waals surface area contributed by atoms with Crippen molar-refractivity contribution in [3.8, 4) is 6.07 Å². The third kappa shape index (κ3) is 3.48. The zero-order valence-corrected chi connectivity index (χ0v) is 16.5. The number of sulfonamides is 1. The lowest BCUT2D eigenvalue weighted by Crippen LogP contribution is -2.35. The number of hydrogen-bond donors (Lipinski definition) is 1. The Bertz CT molecular complexity index is 1150. The molecule has 1 aromatic heterocycles. The summed E-state index contributed by atoms with van der Waals surface area (Å²) in [6, 6.07) is 9.04. The zero-order valence-electron chi connectivity index (χ0n) is 14.9. The van der Waals surface area contributed by atoms with Crippen LogP contribution in [0.5, 0.6) is 0 Å². The standard InChI is InChI=1S/C17H16N6O3S2/c1-11-9-15(23(20-11)6-2-5-18)19-16(24)12-3-4-13-14(10-12)27-17-21-28(25,26)8-7-22(13)17/h3-4,9-10H,2,6-8H2,1H3,(H,19,24). The molecule has 2 aliphatic heterocycles. The fourth-order valence-corrected chi connectivity index (χ4v) is 5.33. The van der Waals surface area contributed by atoms with Gasteiger partial charge in [-0.05, 0) is 36.9 Å². The van der Waals surface area contributed by atoms with E-state index in [1.165, 1.54) is 11.8 Å². The summed E-state index contributed by atoms with van der Waals surface area (Å²) in [6.45, 7) is 2.56. The lowest BCUT2D eigenvalue weighted by molar-refractivity contribution is 0.102. The van der Waals surface area contributed by atoms with Gasteiger partial charge in [0.2, 0.25) is 0 Å². The predicted molar refractivity (Wildman–Crippen MR) is 106 cm³/mol. The highest BCUT2D eigenvalue weighted by Crippen LogP contribution is 2.42. The number of aryl methyl sites for hydroxylation is 2. The minimum absolute atomic E-state index is 0.0230. The number of rotatable bonds is 4. The van der Waals surface area contributed by atoms with Crippen molar-refractivity contribution in [2.75, 3.05) is 22.5 Å². The van der Waals surface area contributed by atoms with E-state index >= 15 is 0 Å². The molecular formula is C17H16N6O3S2. The number of amidine groups is 1. The van der Waals surface area contributed by atoms with Crippen LogP contribution in [0.2, 0.25) is 0 Å². The minimum atomic E-state index is -3.42. The van der Waals surface area contributed by atoms with Gasteiger partial charge in [0.25, 0.3) is 15.9 Å². The van der Waals surface area contributed by atoms with E-state index in [0.717, 1.165) is 16.3 Å². The van der Waals surface area contributed by atoms with Gasteiger partial charge in [0.1, 0.15) is 5.82 Å². The highest BCUT2D eigenvalue weighted by Gasteiger charge is 2.33. The second-order valence-electron chi connectivity index (χ2n) is 6.35. The Balaban J connectivity index is 1.57. The van der Waals surface area contributed by atoms with Gasteiger partial charge < -0.3 is 10.2 Å². The van der Waals surface area contributed by atoms with Crippen LogP contribution in [0.1, 0.15) is 22.5 Å². The number of anilines is 2. The number of carbonyl (C=O) groups is 1. The largest absolute Gasteiger partial charge is 0.318 e. The van der Waals surface area contributed by atoms with Crippen LogP contribution in [0.15, 0.2) is 33.6 Å². The monoisotopic (exact) mass is 416 g/mol. The number of thioether (sulfide) groups is 1. The molecule has 0 bridgehead atoms.